The molecule has 0 amide bonds. The van der Waals surface area contributed by atoms with Gasteiger partial charge in [-0.15, -0.1) is 0 Å². The molecule has 0 radical (unpaired) electrons. The molecule has 1 unspecified atom stereocenters. The van der Waals surface area contributed by atoms with Crippen molar-refractivity contribution < 1.29 is 14.3 Å². The molecular formula is C15H21NO3. The maximum atomic E-state index is 12.2. The third-order valence-electron chi connectivity index (χ3n) is 3.57. The second kappa shape index (κ2) is 5.61. The van der Waals surface area contributed by atoms with Crippen molar-refractivity contribution in [2.24, 2.45) is 0 Å². The number of benzene rings is 1. The number of carbonyl (C=O) groups is 1. The zero-order valence-corrected chi connectivity index (χ0v) is 11.5. The highest BCUT2D eigenvalue weighted by molar-refractivity contribution is 5.82. The van der Waals surface area contributed by atoms with Gasteiger partial charge in [0.25, 0.3) is 0 Å². The van der Waals surface area contributed by atoms with Gasteiger partial charge in [-0.3, -0.25) is 4.79 Å². The Bertz CT molecular complexity index is 433. The molecule has 0 bridgehead atoms. The summed E-state index contributed by atoms with van der Waals surface area (Å²) in [7, 11) is 0. The average Bonchev–Trinajstić information content (AvgIpc) is 2.89. The highest BCUT2D eigenvalue weighted by atomic mass is 16.6. The van der Waals surface area contributed by atoms with E-state index in [9.17, 15) is 4.79 Å². The van der Waals surface area contributed by atoms with Crippen LogP contribution in [0.3, 0.4) is 0 Å². The Morgan fingerprint density at radius 1 is 1.42 bits per heavy atom. The Balaban J connectivity index is 1.97. The smallest absolute Gasteiger partial charge is 0.316 e. The van der Waals surface area contributed by atoms with Gasteiger partial charge in [0.05, 0.1) is 11.5 Å². The van der Waals surface area contributed by atoms with Gasteiger partial charge in [-0.1, -0.05) is 12.1 Å². The van der Waals surface area contributed by atoms with E-state index in [4.69, 9.17) is 15.2 Å². The van der Waals surface area contributed by atoms with E-state index < -0.39 is 5.41 Å². The van der Waals surface area contributed by atoms with Gasteiger partial charge in [-0.25, -0.2) is 0 Å². The minimum Gasteiger partial charge on any atom is -0.462 e. The van der Waals surface area contributed by atoms with Crippen LogP contribution in [0.25, 0.3) is 0 Å². The van der Waals surface area contributed by atoms with Crippen molar-refractivity contribution in [3.8, 4) is 0 Å². The Morgan fingerprint density at radius 2 is 2.11 bits per heavy atom. The van der Waals surface area contributed by atoms with Crippen LogP contribution in [0.1, 0.15) is 32.3 Å². The zero-order valence-electron chi connectivity index (χ0n) is 11.5. The lowest BCUT2D eigenvalue weighted by molar-refractivity contribution is -0.152. The molecule has 19 heavy (non-hydrogen) atoms. The topological polar surface area (TPSA) is 61.5 Å². The van der Waals surface area contributed by atoms with Crippen molar-refractivity contribution >= 4 is 11.7 Å². The van der Waals surface area contributed by atoms with Crippen LogP contribution in [0.4, 0.5) is 5.69 Å². The van der Waals surface area contributed by atoms with Gasteiger partial charge in [0.2, 0.25) is 0 Å². The maximum Gasteiger partial charge on any atom is 0.316 e. The Hall–Kier alpha value is -1.55. The number of rotatable bonds is 4. The van der Waals surface area contributed by atoms with Crippen LogP contribution in [0.15, 0.2) is 24.3 Å². The first-order valence-electron chi connectivity index (χ1n) is 6.65. The number of carbonyl (C=O) groups excluding carboxylic acids is 1. The lowest BCUT2D eigenvalue weighted by atomic mass is 9.85. The zero-order chi connectivity index (χ0) is 13.9. The fourth-order valence-corrected chi connectivity index (χ4v) is 2.14. The fraction of sp³-hybridized carbons (Fsp3) is 0.533. The van der Waals surface area contributed by atoms with E-state index in [1.807, 2.05) is 26.0 Å². The summed E-state index contributed by atoms with van der Waals surface area (Å²) in [6, 6.07) is 7.32. The molecule has 1 aliphatic heterocycles. The molecule has 1 saturated heterocycles. The second-order valence-corrected chi connectivity index (χ2v) is 5.48. The van der Waals surface area contributed by atoms with E-state index in [-0.39, 0.29) is 12.1 Å². The summed E-state index contributed by atoms with van der Waals surface area (Å²) in [6.07, 6.45) is 2.07. The molecule has 1 aromatic carbocycles. The molecular weight excluding hydrogens is 242 g/mol. The number of hydrogen-bond donors (Lipinski definition) is 1. The van der Waals surface area contributed by atoms with Crippen molar-refractivity contribution in [2.75, 3.05) is 18.9 Å². The molecule has 1 atom stereocenters. The lowest BCUT2D eigenvalue weighted by Gasteiger charge is -2.24. The summed E-state index contributed by atoms with van der Waals surface area (Å²) in [6.45, 7) is 4.83. The summed E-state index contributed by atoms with van der Waals surface area (Å²) in [5, 5.41) is 0. The van der Waals surface area contributed by atoms with Gasteiger partial charge in [0.15, 0.2) is 0 Å². The summed E-state index contributed by atoms with van der Waals surface area (Å²) >= 11 is 0. The van der Waals surface area contributed by atoms with Crippen molar-refractivity contribution in [3.63, 3.8) is 0 Å². The first-order valence-corrected chi connectivity index (χ1v) is 6.65. The predicted octanol–water partition coefficient (Wildman–Crippen LogP) is 2.27. The molecule has 4 heteroatoms. The largest absolute Gasteiger partial charge is 0.462 e. The molecule has 4 nitrogen and oxygen atoms in total. The standard InChI is InChI=1S/C15H21NO3/c1-15(2,11-5-7-12(16)8-6-11)14(17)19-10-13-4-3-9-18-13/h5-8,13H,3-4,9-10,16H2,1-2H3. The molecule has 1 heterocycles. The van der Waals surface area contributed by atoms with Crippen LogP contribution in [-0.2, 0) is 19.7 Å². The van der Waals surface area contributed by atoms with E-state index in [1.165, 1.54) is 0 Å². The summed E-state index contributed by atoms with van der Waals surface area (Å²) in [5.74, 6) is -0.229. The molecule has 1 aliphatic rings. The van der Waals surface area contributed by atoms with Crippen LogP contribution < -0.4 is 5.73 Å². The number of nitrogen functional groups attached to an aromatic ring is 1. The molecule has 0 aliphatic carbocycles. The third-order valence-corrected chi connectivity index (χ3v) is 3.57. The van der Waals surface area contributed by atoms with Crippen molar-refractivity contribution in [1.29, 1.82) is 0 Å². The molecule has 1 aromatic rings. The van der Waals surface area contributed by atoms with Gasteiger partial charge in [0, 0.05) is 12.3 Å². The van der Waals surface area contributed by atoms with E-state index >= 15 is 0 Å². The molecule has 1 fully saturated rings. The number of esters is 1. The van der Waals surface area contributed by atoms with E-state index in [0.717, 1.165) is 25.0 Å². The first-order chi connectivity index (χ1) is 9.00. The minimum absolute atomic E-state index is 0.0613. The van der Waals surface area contributed by atoms with Gasteiger partial charge in [-0.05, 0) is 44.4 Å². The Labute approximate surface area is 113 Å². The normalized spacial score (nSPS) is 19.4. The predicted molar refractivity (Wildman–Crippen MR) is 73.8 cm³/mol. The Morgan fingerprint density at radius 3 is 2.68 bits per heavy atom. The molecule has 0 saturated carbocycles. The van der Waals surface area contributed by atoms with E-state index in [0.29, 0.717) is 12.3 Å². The monoisotopic (exact) mass is 263 g/mol. The molecule has 0 spiro atoms. The number of anilines is 1. The highest BCUT2D eigenvalue weighted by Crippen LogP contribution is 2.26. The fourth-order valence-electron chi connectivity index (χ4n) is 2.14. The summed E-state index contributed by atoms with van der Waals surface area (Å²) < 4.78 is 10.8. The summed E-state index contributed by atoms with van der Waals surface area (Å²) in [5.41, 5.74) is 6.57. The third kappa shape index (κ3) is 3.26. The van der Waals surface area contributed by atoms with Crippen molar-refractivity contribution in [3.05, 3.63) is 29.8 Å². The van der Waals surface area contributed by atoms with Gasteiger partial charge in [0.1, 0.15) is 6.61 Å². The van der Waals surface area contributed by atoms with Crippen LogP contribution in [0.2, 0.25) is 0 Å². The number of hydrogen-bond acceptors (Lipinski definition) is 4. The van der Waals surface area contributed by atoms with Crippen LogP contribution >= 0.6 is 0 Å². The van der Waals surface area contributed by atoms with E-state index in [2.05, 4.69) is 0 Å². The minimum atomic E-state index is -0.674. The Kier molecular flexibility index (Phi) is 4.10. The summed E-state index contributed by atoms with van der Waals surface area (Å²) in [4.78, 5) is 12.2. The number of nitrogens with two attached hydrogens (primary N) is 1. The molecule has 2 rings (SSSR count). The highest BCUT2D eigenvalue weighted by Gasteiger charge is 2.32. The average molecular weight is 263 g/mol. The van der Waals surface area contributed by atoms with Crippen LogP contribution in [-0.4, -0.2) is 25.3 Å². The van der Waals surface area contributed by atoms with Gasteiger partial charge >= 0.3 is 5.97 Å². The van der Waals surface area contributed by atoms with Crippen molar-refractivity contribution in [1.82, 2.24) is 0 Å². The lowest BCUT2D eigenvalue weighted by Crippen LogP contribution is -2.33. The SMILES string of the molecule is CC(C)(C(=O)OCC1CCCO1)c1ccc(N)cc1. The molecule has 2 N–H and O–H groups in total. The van der Waals surface area contributed by atoms with Crippen molar-refractivity contribution in [2.45, 2.75) is 38.2 Å². The van der Waals surface area contributed by atoms with Gasteiger partial charge < -0.3 is 15.2 Å². The van der Waals surface area contributed by atoms with Crippen LogP contribution in [0, 0.1) is 0 Å². The molecule has 104 valence electrons. The maximum absolute atomic E-state index is 12.2. The van der Waals surface area contributed by atoms with Gasteiger partial charge in [-0.2, -0.15) is 0 Å². The van der Waals surface area contributed by atoms with E-state index in [1.54, 1.807) is 12.1 Å². The first kappa shape index (κ1) is 13.9. The second-order valence-electron chi connectivity index (χ2n) is 5.48. The van der Waals surface area contributed by atoms with Crippen LogP contribution in [0.5, 0.6) is 0 Å². The number of ether oxygens (including phenoxy) is 2. The molecule has 0 aromatic heterocycles. The quantitative estimate of drug-likeness (QED) is 0.668.